The van der Waals surface area contributed by atoms with Gasteiger partial charge in [0.2, 0.25) is 0 Å². The van der Waals surface area contributed by atoms with Crippen LogP contribution in [0.15, 0.2) is 59.8 Å². The lowest BCUT2D eigenvalue weighted by molar-refractivity contribution is 0.419. The molecule has 0 saturated heterocycles. The molecule has 4 rings (SSSR count). The second-order valence-corrected chi connectivity index (χ2v) is 5.35. The van der Waals surface area contributed by atoms with Crippen molar-refractivity contribution in [2.75, 3.05) is 0 Å². The summed E-state index contributed by atoms with van der Waals surface area (Å²) in [4.78, 5) is 8.33. The molecule has 0 bridgehead atoms. The number of benzene rings is 1. The monoisotopic (exact) mass is 321 g/mol. The highest BCUT2D eigenvalue weighted by atomic mass is 16.5. The molecule has 4 aromatic rings. The Bertz CT molecular complexity index is 896. The Morgan fingerprint density at radius 2 is 2.04 bits per heavy atom. The van der Waals surface area contributed by atoms with E-state index in [-0.39, 0.29) is 0 Å². The summed E-state index contributed by atoms with van der Waals surface area (Å²) >= 11 is 0. The number of hydrogen-bond acceptors (Lipinski definition) is 6. The molecule has 24 heavy (non-hydrogen) atoms. The molecule has 1 aromatic carbocycles. The lowest BCUT2D eigenvalue weighted by Crippen LogP contribution is -2.01. The lowest BCUT2D eigenvalue weighted by Gasteiger charge is -2.00. The van der Waals surface area contributed by atoms with Crippen LogP contribution < -0.4 is 0 Å². The SMILES string of the molecule is c1ccc(CCn2cc(-c3nc(Cn4ccnc4)no3)nn2)cc1. The summed E-state index contributed by atoms with van der Waals surface area (Å²) in [6.45, 7) is 1.25. The molecule has 0 spiro atoms. The number of nitrogens with zero attached hydrogens (tertiary/aromatic N) is 7. The molecule has 0 atom stereocenters. The molecule has 0 unspecified atom stereocenters. The van der Waals surface area contributed by atoms with E-state index in [0.717, 1.165) is 13.0 Å². The van der Waals surface area contributed by atoms with E-state index in [4.69, 9.17) is 4.52 Å². The molecule has 0 radical (unpaired) electrons. The van der Waals surface area contributed by atoms with Gasteiger partial charge in [-0.2, -0.15) is 4.98 Å². The first-order valence-corrected chi connectivity index (χ1v) is 7.59. The van der Waals surface area contributed by atoms with Crippen molar-refractivity contribution in [3.05, 3.63) is 66.6 Å². The Morgan fingerprint density at radius 3 is 2.88 bits per heavy atom. The van der Waals surface area contributed by atoms with Crippen molar-refractivity contribution in [1.82, 2.24) is 34.7 Å². The van der Waals surface area contributed by atoms with Gasteiger partial charge in [0.05, 0.1) is 19.1 Å². The van der Waals surface area contributed by atoms with Crippen molar-refractivity contribution in [2.45, 2.75) is 19.5 Å². The van der Waals surface area contributed by atoms with Gasteiger partial charge in [0.1, 0.15) is 0 Å². The predicted octanol–water partition coefficient (Wildman–Crippen LogP) is 1.82. The van der Waals surface area contributed by atoms with Gasteiger partial charge < -0.3 is 9.09 Å². The highest BCUT2D eigenvalue weighted by molar-refractivity contribution is 5.43. The largest absolute Gasteiger partial charge is 0.332 e. The molecule has 8 nitrogen and oxygen atoms in total. The Kier molecular flexibility index (Phi) is 3.85. The van der Waals surface area contributed by atoms with E-state index < -0.39 is 0 Å². The van der Waals surface area contributed by atoms with E-state index >= 15 is 0 Å². The number of aromatic nitrogens is 7. The zero-order valence-electron chi connectivity index (χ0n) is 12.9. The Hall–Kier alpha value is -3.29. The number of aryl methyl sites for hydroxylation is 2. The van der Waals surface area contributed by atoms with Gasteiger partial charge in [0.25, 0.3) is 5.89 Å². The maximum absolute atomic E-state index is 5.26. The summed E-state index contributed by atoms with van der Waals surface area (Å²) < 4.78 is 8.91. The van der Waals surface area contributed by atoms with Crippen molar-refractivity contribution < 1.29 is 4.52 Å². The summed E-state index contributed by atoms with van der Waals surface area (Å²) in [5.74, 6) is 0.943. The lowest BCUT2D eigenvalue weighted by atomic mass is 10.1. The van der Waals surface area contributed by atoms with Crippen LogP contribution in [0.5, 0.6) is 0 Å². The van der Waals surface area contributed by atoms with Crippen LogP contribution in [0.25, 0.3) is 11.6 Å². The van der Waals surface area contributed by atoms with Gasteiger partial charge in [-0.3, -0.25) is 4.68 Å². The second-order valence-electron chi connectivity index (χ2n) is 5.35. The van der Waals surface area contributed by atoms with Crippen LogP contribution in [-0.2, 0) is 19.5 Å². The van der Waals surface area contributed by atoms with Crippen LogP contribution in [-0.4, -0.2) is 34.7 Å². The second kappa shape index (κ2) is 6.45. The summed E-state index contributed by atoms with van der Waals surface area (Å²) in [5, 5.41) is 12.2. The van der Waals surface area contributed by atoms with E-state index in [2.05, 4.69) is 37.6 Å². The smallest absolute Gasteiger partial charge is 0.280 e. The molecule has 120 valence electrons. The van der Waals surface area contributed by atoms with Gasteiger partial charge in [-0.15, -0.1) is 5.10 Å². The van der Waals surface area contributed by atoms with Crippen LogP contribution >= 0.6 is 0 Å². The molecule has 0 N–H and O–H groups in total. The first-order chi connectivity index (χ1) is 11.9. The molecule has 0 aliphatic carbocycles. The Morgan fingerprint density at radius 1 is 1.12 bits per heavy atom. The van der Waals surface area contributed by atoms with Gasteiger partial charge >= 0.3 is 0 Å². The van der Waals surface area contributed by atoms with Crippen LogP contribution in [0.4, 0.5) is 0 Å². The van der Waals surface area contributed by atoms with E-state index in [1.54, 1.807) is 17.2 Å². The average Bonchev–Trinajstić information content (AvgIpc) is 3.36. The molecule has 3 aromatic heterocycles. The van der Waals surface area contributed by atoms with Gasteiger partial charge in [0.15, 0.2) is 11.5 Å². The van der Waals surface area contributed by atoms with Crippen LogP contribution in [0.3, 0.4) is 0 Å². The topological polar surface area (TPSA) is 87.5 Å². The van der Waals surface area contributed by atoms with Gasteiger partial charge in [-0.1, -0.05) is 40.7 Å². The van der Waals surface area contributed by atoms with Crippen LogP contribution in [0, 0.1) is 0 Å². The number of rotatable bonds is 6. The summed E-state index contributed by atoms with van der Waals surface area (Å²) in [6, 6.07) is 10.3. The summed E-state index contributed by atoms with van der Waals surface area (Å²) in [6.07, 6.45) is 7.96. The minimum atomic E-state index is 0.371. The van der Waals surface area contributed by atoms with Crippen LogP contribution in [0.2, 0.25) is 0 Å². The maximum atomic E-state index is 5.26. The van der Waals surface area contributed by atoms with Crippen molar-refractivity contribution in [3.8, 4) is 11.6 Å². The highest BCUT2D eigenvalue weighted by Crippen LogP contribution is 2.14. The summed E-state index contributed by atoms with van der Waals surface area (Å²) in [5.41, 5.74) is 1.84. The third kappa shape index (κ3) is 3.22. The van der Waals surface area contributed by atoms with Gasteiger partial charge in [0, 0.05) is 18.9 Å². The quantitative estimate of drug-likeness (QED) is 0.538. The van der Waals surface area contributed by atoms with E-state index in [1.807, 2.05) is 35.2 Å². The van der Waals surface area contributed by atoms with Gasteiger partial charge in [-0.25, -0.2) is 4.98 Å². The molecule has 8 heteroatoms. The fourth-order valence-electron chi connectivity index (χ4n) is 2.36. The van der Waals surface area contributed by atoms with Gasteiger partial charge in [-0.05, 0) is 12.0 Å². The fourth-order valence-corrected chi connectivity index (χ4v) is 2.36. The minimum Gasteiger partial charge on any atom is -0.332 e. The fraction of sp³-hybridized carbons (Fsp3) is 0.188. The highest BCUT2D eigenvalue weighted by Gasteiger charge is 2.13. The Labute approximate surface area is 137 Å². The number of hydrogen-bond donors (Lipinski definition) is 0. The Balaban J connectivity index is 1.42. The van der Waals surface area contributed by atoms with E-state index in [9.17, 15) is 0 Å². The van der Waals surface area contributed by atoms with E-state index in [0.29, 0.717) is 24.0 Å². The molecule has 0 aliphatic heterocycles. The standard InChI is InChI=1S/C16H15N7O/c1-2-4-13(5-3-1)6-8-23-10-14(19-21-23)16-18-15(20-24-16)11-22-9-7-17-12-22/h1-5,7,9-10,12H,6,8,11H2. The molecule has 0 amide bonds. The van der Waals surface area contributed by atoms with Crippen LogP contribution in [0.1, 0.15) is 11.4 Å². The van der Waals surface area contributed by atoms with Crippen molar-refractivity contribution in [3.63, 3.8) is 0 Å². The van der Waals surface area contributed by atoms with E-state index in [1.165, 1.54) is 5.56 Å². The minimum absolute atomic E-state index is 0.371. The van der Waals surface area contributed by atoms with Crippen molar-refractivity contribution in [1.29, 1.82) is 0 Å². The molecular weight excluding hydrogens is 306 g/mol. The first-order valence-electron chi connectivity index (χ1n) is 7.59. The van der Waals surface area contributed by atoms with Crippen molar-refractivity contribution >= 4 is 0 Å². The summed E-state index contributed by atoms with van der Waals surface area (Å²) in [7, 11) is 0. The average molecular weight is 321 g/mol. The molecular formula is C16H15N7O. The molecule has 3 heterocycles. The molecule has 0 saturated carbocycles. The predicted molar refractivity (Wildman–Crippen MR) is 84.8 cm³/mol. The number of imidazole rings is 1. The molecule has 0 aliphatic rings. The van der Waals surface area contributed by atoms with Crippen molar-refractivity contribution in [2.24, 2.45) is 0 Å². The zero-order chi connectivity index (χ0) is 16.2. The maximum Gasteiger partial charge on any atom is 0.280 e. The first kappa shape index (κ1) is 14.3. The third-order valence-electron chi connectivity index (χ3n) is 3.58. The zero-order valence-corrected chi connectivity index (χ0v) is 12.9. The molecule has 0 fully saturated rings. The third-order valence-corrected chi connectivity index (χ3v) is 3.58. The normalized spacial score (nSPS) is 11.0.